The van der Waals surface area contributed by atoms with E-state index in [0.717, 1.165) is 46.2 Å². The normalized spacial score (nSPS) is 19.0. The molecule has 1 aliphatic heterocycles. The summed E-state index contributed by atoms with van der Waals surface area (Å²) in [7, 11) is 1.87. The fourth-order valence-electron chi connectivity index (χ4n) is 5.41. The summed E-state index contributed by atoms with van der Waals surface area (Å²) in [6, 6.07) is 9.21. The summed E-state index contributed by atoms with van der Waals surface area (Å²) in [6.45, 7) is 15.4. The molecule has 0 spiro atoms. The minimum atomic E-state index is 0.492. The van der Waals surface area contributed by atoms with Gasteiger partial charge in [-0.25, -0.2) is 4.68 Å². The molecule has 0 atom stereocenters. The topological polar surface area (TPSA) is 54.2 Å². The molecule has 37 heavy (non-hydrogen) atoms. The van der Waals surface area contributed by atoms with Gasteiger partial charge < -0.3 is 10.6 Å². The number of hydrogen-bond donors (Lipinski definition) is 2. The van der Waals surface area contributed by atoms with Gasteiger partial charge in [0.2, 0.25) is 0 Å². The summed E-state index contributed by atoms with van der Waals surface area (Å²) >= 11 is 0. The maximum Gasteiger partial charge on any atom is 0.142 e. The molecule has 196 valence electrons. The molecule has 2 aromatic rings. The Morgan fingerprint density at radius 3 is 2.54 bits per heavy atom. The predicted octanol–water partition coefficient (Wildman–Crippen LogP) is 8.01. The molecule has 0 saturated heterocycles. The molecule has 5 heteroatoms. The van der Waals surface area contributed by atoms with E-state index in [-0.39, 0.29) is 0 Å². The van der Waals surface area contributed by atoms with E-state index in [1.54, 1.807) is 6.20 Å². The fraction of sp³-hybridized carbons (Fsp3) is 0.438. The summed E-state index contributed by atoms with van der Waals surface area (Å²) in [6.07, 6.45) is 14.8. The lowest BCUT2D eigenvalue weighted by Crippen LogP contribution is -2.20. The molecule has 2 N–H and O–H groups in total. The minimum Gasteiger partial charge on any atom is -0.393 e. The van der Waals surface area contributed by atoms with Gasteiger partial charge in [0.25, 0.3) is 0 Å². The zero-order chi connectivity index (χ0) is 26.6. The fourth-order valence-corrected chi connectivity index (χ4v) is 5.41. The number of aliphatic imine (C=N–C) groups is 1. The molecule has 1 aromatic heterocycles. The van der Waals surface area contributed by atoms with Crippen LogP contribution in [0.3, 0.4) is 0 Å². The monoisotopic (exact) mass is 497 g/mol. The van der Waals surface area contributed by atoms with Crippen LogP contribution >= 0.6 is 0 Å². The molecule has 5 nitrogen and oxygen atoms in total. The highest BCUT2D eigenvalue weighted by atomic mass is 15.4. The van der Waals surface area contributed by atoms with Gasteiger partial charge in [0.05, 0.1) is 11.4 Å². The van der Waals surface area contributed by atoms with E-state index in [9.17, 15) is 0 Å². The van der Waals surface area contributed by atoms with Crippen molar-refractivity contribution in [1.82, 2.24) is 15.1 Å². The quantitative estimate of drug-likeness (QED) is 0.363. The molecule has 0 unspecified atom stereocenters. The van der Waals surface area contributed by atoms with Crippen LogP contribution in [0, 0.1) is 5.41 Å². The molecular weight excluding hydrogens is 454 g/mol. The third kappa shape index (κ3) is 6.15. The van der Waals surface area contributed by atoms with E-state index in [0.29, 0.717) is 17.8 Å². The van der Waals surface area contributed by atoms with Gasteiger partial charge >= 0.3 is 0 Å². The number of fused-ring (bicyclic) bond motifs is 1. The summed E-state index contributed by atoms with van der Waals surface area (Å²) in [4.78, 5) is 4.53. The first-order chi connectivity index (χ1) is 17.7. The lowest BCUT2D eigenvalue weighted by molar-refractivity contribution is 0.224. The van der Waals surface area contributed by atoms with E-state index < -0.39 is 0 Å². The van der Waals surface area contributed by atoms with Crippen LogP contribution in [-0.2, 0) is 6.42 Å². The second kappa shape index (κ2) is 11.4. The first-order valence-corrected chi connectivity index (χ1v) is 13.7. The number of nitrogens with zero attached hydrogens (tertiary/aromatic N) is 3. The van der Waals surface area contributed by atoms with Gasteiger partial charge in [-0.05, 0) is 80.1 Å². The Balaban J connectivity index is 1.63. The molecule has 2 aliphatic rings. The molecule has 4 rings (SSSR count). The lowest BCUT2D eigenvalue weighted by Gasteiger charge is -2.34. The Kier molecular flexibility index (Phi) is 8.21. The molecule has 2 heterocycles. The van der Waals surface area contributed by atoms with Crippen LogP contribution in [0.5, 0.6) is 0 Å². The summed E-state index contributed by atoms with van der Waals surface area (Å²) in [5.74, 6) is 1.66. The van der Waals surface area contributed by atoms with Crippen molar-refractivity contribution in [1.29, 1.82) is 0 Å². The van der Waals surface area contributed by atoms with E-state index >= 15 is 0 Å². The van der Waals surface area contributed by atoms with Crippen molar-refractivity contribution in [2.45, 2.75) is 79.1 Å². The van der Waals surface area contributed by atoms with Crippen LogP contribution in [0.4, 0.5) is 5.82 Å². The average Bonchev–Trinajstić information content (AvgIpc) is 3.23. The Morgan fingerprint density at radius 2 is 1.92 bits per heavy atom. The van der Waals surface area contributed by atoms with Gasteiger partial charge in [0, 0.05) is 42.8 Å². The van der Waals surface area contributed by atoms with Crippen molar-refractivity contribution >= 4 is 28.5 Å². The molecule has 1 aromatic carbocycles. The van der Waals surface area contributed by atoms with Crippen LogP contribution in [-0.4, -0.2) is 22.5 Å². The van der Waals surface area contributed by atoms with Crippen molar-refractivity contribution in [2.75, 3.05) is 12.4 Å². The minimum absolute atomic E-state index is 0.492. The number of anilines is 1. The van der Waals surface area contributed by atoms with Crippen LogP contribution < -0.4 is 10.6 Å². The van der Waals surface area contributed by atoms with Crippen molar-refractivity contribution in [3.8, 4) is 0 Å². The zero-order valence-corrected chi connectivity index (χ0v) is 23.5. The van der Waals surface area contributed by atoms with Crippen molar-refractivity contribution in [3.63, 3.8) is 0 Å². The van der Waals surface area contributed by atoms with Crippen molar-refractivity contribution in [2.24, 2.45) is 10.4 Å². The highest BCUT2D eigenvalue weighted by Gasteiger charge is 2.28. The Labute approximate surface area is 223 Å². The third-order valence-corrected chi connectivity index (χ3v) is 7.58. The van der Waals surface area contributed by atoms with E-state index in [4.69, 9.17) is 5.10 Å². The SMILES string of the molecule is C=C(C)c1c(C/C(C)=N\C=C/NC)nn2c1NC(c1ccc(C3CCC(C)(C)CC3)cc1)=C/C2=C\CC. The van der Waals surface area contributed by atoms with Gasteiger partial charge in [0.1, 0.15) is 5.82 Å². The number of benzene rings is 1. The van der Waals surface area contributed by atoms with Crippen molar-refractivity contribution in [3.05, 3.63) is 77.8 Å². The summed E-state index contributed by atoms with van der Waals surface area (Å²) in [5, 5.41) is 11.7. The van der Waals surface area contributed by atoms with Gasteiger partial charge in [0.15, 0.2) is 0 Å². The van der Waals surface area contributed by atoms with Crippen molar-refractivity contribution < 1.29 is 0 Å². The Hall–Kier alpha value is -3.34. The molecule has 1 fully saturated rings. The van der Waals surface area contributed by atoms with E-state index in [1.807, 2.05) is 24.9 Å². The Morgan fingerprint density at radius 1 is 1.22 bits per heavy atom. The van der Waals surface area contributed by atoms with Gasteiger partial charge in [-0.3, -0.25) is 4.99 Å². The smallest absolute Gasteiger partial charge is 0.142 e. The third-order valence-electron chi connectivity index (χ3n) is 7.58. The Bertz CT molecular complexity index is 1240. The van der Waals surface area contributed by atoms with E-state index in [1.165, 1.54) is 36.8 Å². The number of allylic oxidation sites excluding steroid dienone is 4. The largest absolute Gasteiger partial charge is 0.393 e. The highest BCUT2D eigenvalue weighted by Crippen LogP contribution is 2.43. The summed E-state index contributed by atoms with van der Waals surface area (Å²) < 4.78 is 2.03. The van der Waals surface area contributed by atoms with Gasteiger partial charge in [-0.1, -0.05) is 57.7 Å². The zero-order valence-electron chi connectivity index (χ0n) is 23.5. The molecule has 0 radical (unpaired) electrons. The number of nitrogens with one attached hydrogen (secondary N) is 2. The predicted molar refractivity (Wildman–Crippen MR) is 160 cm³/mol. The molecule has 0 bridgehead atoms. The van der Waals surface area contributed by atoms with E-state index in [2.05, 4.69) is 86.3 Å². The highest BCUT2D eigenvalue weighted by molar-refractivity contribution is 5.93. The standard InChI is InChI=1S/C32H43N5/c1-8-9-27-21-28(26-12-10-24(11-13-26)25-14-16-32(5,6)17-15-25)35-31-30(22(2)3)29(36-37(27)31)20-23(4)34-19-18-33-7/h9-13,18-19,21,25,33,35H,2,8,14-17,20H2,1,3-7H3/b19-18-,27-9+,34-23-. The maximum absolute atomic E-state index is 5.02. The number of rotatable bonds is 8. The maximum atomic E-state index is 5.02. The molecule has 0 amide bonds. The first-order valence-electron chi connectivity index (χ1n) is 13.7. The number of hydrogen-bond acceptors (Lipinski definition) is 4. The second-order valence-corrected chi connectivity index (χ2v) is 11.3. The first kappa shape index (κ1) is 26.7. The van der Waals surface area contributed by atoms with Gasteiger partial charge in [-0.15, -0.1) is 0 Å². The average molecular weight is 498 g/mol. The van der Waals surface area contributed by atoms with Gasteiger partial charge in [-0.2, -0.15) is 5.10 Å². The molecule has 1 saturated carbocycles. The van der Waals surface area contributed by atoms with Crippen LogP contribution in [0.15, 0.2) is 60.4 Å². The van der Waals surface area contributed by atoms with Crippen LogP contribution in [0.1, 0.15) is 95.0 Å². The van der Waals surface area contributed by atoms with Crippen LogP contribution in [0.25, 0.3) is 17.0 Å². The second-order valence-electron chi connectivity index (χ2n) is 11.3. The lowest BCUT2D eigenvalue weighted by atomic mass is 9.71. The summed E-state index contributed by atoms with van der Waals surface area (Å²) in [5.41, 5.74) is 9.39. The molecule has 1 aliphatic carbocycles. The number of aromatic nitrogens is 2. The van der Waals surface area contributed by atoms with Crippen LogP contribution in [0.2, 0.25) is 0 Å². The molecular formula is C32H43N5.